The minimum atomic E-state index is -1.50. The van der Waals surface area contributed by atoms with Gasteiger partial charge < -0.3 is 13.9 Å². The molecular weight excluding hydrogens is 200 g/mol. The molecule has 0 aromatic carbocycles. The van der Waals surface area contributed by atoms with Crippen molar-refractivity contribution in [1.29, 1.82) is 0 Å². The van der Waals surface area contributed by atoms with Gasteiger partial charge in [-0.05, 0) is 19.1 Å². The molecule has 0 aliphatic carbocycles. The van der Waals surface area contributed by atoms with E-state index < -0.39 is 8.32 Å². The maximum atomic E-state index is 10.7. The van der Waals surface area contributed by atoms with Gasteiger partial charge in [-0.25, -0.2) is 0 Å². The van der Waals surface area contributed by atoms with Crippen LogP contribution >= 0.6 is 0 Å². The highest BCUT2D eigenvalue weighted by Crippen LogP contribution is 2.09. The maximum Gasteiger partial charge on any atom is 0.307 e. The van der Waals surface area contributed by atoms with Crippen LogP contribution in [0.2, 0.25) is 19.1 Å². The predicted molar refractivity (Wildman–Crippen MR) is 56.8 cm³/mol. The molecule has 0 heterocycles. The molecule has 0 radical (unpaired) electrons. The zero-order chi connectivity index (χ0) is 11.0. The van der Waals surface area contributed by atoms with E-state index in [1.54, 1.807) is 7.11 Å². The molecule has 0 saturated carbocycles. The van der Waals surface area contributed by atoms with Crippen LogP contribution in [0.25, 0.3) is 0 Å². The SMILES string of the molecule is COC(=O)CCOCC[Si](C)(C)OC. The Hall–Kier alpha value is -0.393. The van der Waals surface area contributed by atoms with Crippen LogP contribution in [0.1, 0.15) is 6.42 Å². The fourth-order valence-corrected chi connectivity index (χ4v) is 1.62. The summed E-state index contributed by atoms with van der Waals surface area (Å²) in [5.74, 6) is -0.228. The summed E-state index contributed by atoms with van der Waals surface area (Å²) < 4.78 is 15.1. The Kier molecular flexibility index (Phi) is 6.78. The Morgan fingerprint density at radius 2 is 1.86 bits per heavy atom. The van der Waals surface area contributed by atoms with Gasteiger partial charge in [0.25, 0.3) is 0 Å². The van der Waals surface area contributed by atoms with E-state index in [9.17, 15) is 4.79 Å². The Morgan fingerprint density at radius 1 is 1.21 bits per heavy atom. The van der Waals surface area contributed by atoms with Gasteiger partial charge in [0.2, 0.25) is 0 Å². The average Bonchev–Trinajstić information content (AvgIpc) is 2.17. The predicted octanol–water partition coefficient (Wildman–Crippen LogP) is 1.42. The summed E-state index contributed by atoms with van der Waals surface area (Å²) in [6.45, 7) is 5.36. The number of rotatable bonds is 7. The molecule has 5 heteroatoms. The van der Waals surface area contributed by atoms with Crippen LogP contribution in [-0.2, 0) is 18.7 Å². The molecule has 0 atom stereocenters. The van der Waals surface area contributed by atoms with Gasteiger partial charge in [0.1, 0.15) is 0 Å². The third-order valence-electron chi connectivity index (χ3n) is 2.08. The van der Waals surface area contributed by atoms with Crippen LogP contribution < -0.4 is 0 Å². The Labute approximate surface area is 86.7 Å². The highest BCUT2D eigenvalue weighted by atomic mass is 28.4. The van der Waals surface area contributed by atoms with Crippen LogP contribution in [0, 0.1) is 0 Å². The molecule has 0 aromatic rings. The van der Waals surface area contributed by atoms with E-state index in [1.807, 2.05) is 0 Å². The topological polar surface area (TPSA) is 44.8 Å². The molecule has 0 fully saturated rings. The van der Waals surface area contributed by atoms with Crippen molar-refractivity contribution < 1.29 is 18.7 Å². The van der Waals surface area contributed by atoms with Crippen molar-refractivity contribution in [2.24, 2.45) is 0 Å². The average molecular weight is 220 g/mol. The van der Waals surface area contributed by atoms with Gasteiger partial charge in [-0.2, -0.15) is 0 Å². The summed E-state index contributed by atoms with van der Waals surface area (Å²) >= 11 is 0. The van der Waals surface area contributed by atoms with Crippen molar-refractivity contribution in [3.8, 4) is 0 Å². The smallest absolute Gasteiger partial charge is 0.307 e. The molecule has 0 aromatic heterocycles. The highest BCUT2D eigenvalue weighted by Gasteiger charge is 2.19. The largest absolute Gasteiger partial charge is 0.469 e. The van der Waals surface area contributed by atoms with Crippen molar-refractivity contribution in [2.75, 3.05) is 27.4 Å². The van der Waals surface area contributed by atoms with Crippen molar-refractivity contribution in [3.63, 3.8) is 0 Å². The summed E-state index contributed by atoms with van der Waals surface area (Å²) in [4.78, 5) is 10.7. The Morgan fingerprint density at radius 3 is 2.36 bits per heavy atom. The number of hydrogen-bond acceptors (Lipinski definition) is 4. The van der Waals surface area contributed by atoms with E-state index in [-0.39, 0.29) is 5.97 Å². The van der Waals surface area contributed by atoms with Gasteiger partial charge in [0.15, 0.2) is 8.32 Å². The van der Waals surface area contributed by atoms with Crippen LogP contribution in [0.4, 0.5) is 0 Å². The quantitative estimate of drug-likeness (QED) is 0.370. The first-order valence-electron chi connectivity index (χ1n) is 4.71. The fourth-order valence-electron chi connectivity index (χ4n) is 0.780. The number of methoxy groups -OCH3 is 1. The van der Waals surface area contributed by atoms with E-state index in [2.05, 4.69) is 17.8 Å². The highest BCUT2D eigenvalue weighted by molar-refractivity contribution is 6.71. The Bertz CT molecular complexity index is 170. The number of carbonyl (C=O) groups excluding carboxylic acids is 1. The number of carbonyl (C=O) groups is 1. The van der Waals surface area contributed by atoms with Gasteiger partial charge in [-0.15, -0.1) is 0 Å². The van der Waals surface area contributed by atoms with E-state index in [4.69, 9.17) is 9.16 Å². The molecule has 0 aliphatic heterocycles. The molecule has 0 amide bonds. The van der Waals surface area contributed by atoms with E-state index in [0.717, 1.165) is 6.04 Å². The number of esters is 1. The minimum Gasteiger partial charge on any atom is -0.469 e. The first-order valence-corrected chi connectivity index (χ1v) is 7.83. The Balaban J connectivity index is 3.34. The summed E-state index contributed by atoms with van der Waals surface area (Å²) in [6, 6.07) is 0.949. The van der Waals surface area contributed by atoms with Crippen molar-refractivity contribution >= 4 is 14.3 Å². The van der Waals surface area contributed by atoms with Crippen LogP contribution in [0.15, 0.2) is 0 Å². The maximum absolute atomic E-state index is 10.7. The van der Waals surface area contributed by atoms with Crippen molar-refractivity contribution in [3.05, 3.63) is 0 Å². The molecule has 4 nitrogen and oxygen atoms in total. The molecular formula is C9H20O4Si. The van der Waals surface area contributed by atoms with E-state index in [1.165, 1.54) is 7.11 Å². The second-order valence-corrected chi connectivity index (χ2v) is 8.08. The fraction of sp³-hybridized carbons (Fsp3) is 0.889. The molecule has 84 valence electrons. The number of ether oxygens (including phenoxy) is 2. The second-order valence-electron chi connectivity index (χ2n) is 3.65. The minimum absolute atomic E-state index is 0.228. The summed E-state index contributed by atoms with van der Waals surface area (Å²) in [6.07, 6.45) is 0.325. The summed E-state index contributed by atoms with van der Waals surface area (Å²) in [5, 5.41) is 0. The standard InChI is InChI=1S/C9H20O4Si/c1-11-9(10)5-6-13-7-8-14(3,4)12-2/h5-8H2,1-4H3. The molecule has 0 N–H and O–H groups in total. The molecule has 14 heavy (non-hydrogen) atoms. The van der Waals surface area contributed by atoms with Gasteiger partial charge in [-0.3, -0.25) is 4.79 Å². The lowest BCUT2D eigenvalue weighted by Crippen LogP contribution is -2.30. The zero-order valence-electron chi connectivity index (χ0n) is 9.46. The third-order valence-corrected chi connectivity index (χ3v) is 4.59. The normalized spacial score (nSPS) is 11.4. The van der Waals surface area contributed by atoms with Crippen LogP contribution in [-0.4, -0.2) is 41.7 Å². The first-order chi connectivity index (χ1) is 6.52. The van der Waals surface area contributed by atoms with Gasteiger partial charge in [0, 0.05) is 13.7 Å². The molecule has 0 unspecified atom stereocenters. The van der Waals surface area contributed by atoms with Crippen molar-refractivity contribution in [2.45, 2.75) is 25.6 Å². The summed E-state index contributed by atoms with van der Waals surface area (Å²) in [5.41, 5.74) is 0. The monoisotopic (exact) mass is 220 g/mol. The molecule has 0 saturated heterocycles. The van der Waals surface area contributed by atoms with Gasteiger partial charge in [-0.1, -0.05) is 0 Å². The molecule has 0 aliphatic rings. The lowest BCUT2D eigenvalue weighted by Gasteiger charge is -2.19. The number of hydrogen-bond donors (Lipinski definition) is 0. The van der Waals surface area contributed by atoms with E-state index in [0.29, 0.717) is 19.6 Å². The molecule has 0 rings (SSSR count). The van der Waals surface area contributed by atoms with Gasteiger partial charge in [0.05, 0.1) is 20.1 Å². The van der Waals surface area contributed by atoms with E-state index >= 15 is 0 Å². The third kappa shape index (κ3) is 7.05. The molecule has 0 bridgehead atoms. The lowest BCUT2D eigenvalue weighted by molar-refractivity contribution is -0.141. The zero-order valence-corrected chi connectivity index (χ0v) is 10.5. The van der Waals surface area contributed by atoms with Crippen LogP contribution in [0.5, 0.6) is 0 Å². The van der Waals surface area contributed by atoms with Gasteiger partial charge >= 0.3 is 5.97 Å². The summed E-state index contributed by atoms with van der Waals surface area (Å²) in [7, 11) is 1.61. The van der Waals surface area contributed by atoms with Crippen molar-refractivity contribution in [1.82, 2.24) is 0 Å². The second kappa shape index (κ2) is 6.97. The first kappa shape index (κ1) is 13.6. The lowest BCUT2D eigenvalue weighted by atomic mass is 10.5. The van der Waals surface area contributed by atoms with Crippen LogP contribution in [0.3, 0.4) is 0 Å². The molecule has 0 spiro atoms.